The van der Waals surface area contributed by atoms with Gasteiger partial charge in [-0.2, -0.15) is 0 Å². The van der Waals surface area contributed by atoms with E-state index in [4.69, 9.17) is 5.73 Å². The lowest BCUT2D eigenvalue weighted by Crippen LogP contribution is -2.24. The molecule has 0 aliphatic carbocycles. The summed E-state index contributed by atoms with van der Waals surface area (Å²) in [6.45, 7) is 4.97. The minimum atomic E-state index is -3.29. The second-order valence-corrected chi connectivity index (χ2v) is 6.52. The van der Waals surface area contributed by atoms with E-state index in [1.165, 1.54) is 5.41 Å². The average molecular weight is 266 g/mol. The number of nitrogens with two attached hydrogens (primary N) is 1. The molecule has 0 bridgehead atoms. The lowest BCUT2D eigenvalue weighted by Gasteiger charge is -2.10. The minimum Gasteiger partial charge on any atom is -0.326 e. The van der Waals surface area contributed by atoms with Crippen LogP contribution in [0.4, 0.5) is 0 Å². The Hall–Kier alpha value is -1.17. The molecular formula is C13H18N2O2S. The van der Waals surface area contributed by atoms with Crippen LogP contribution in [0.3, 0.4) is 0 Å². The Bertz CT molecular complexity index is 589. The average Bonchev–Trinajstić information content (AvgIpc) is 2.58. The molecule has 1 heterocycles. The summed E-state index contributed by atoms with van der Waals surface area (Å²) in [7, 11) is -3.29. The minimum absolute atomic E-state index is 0.320. The summed E-state index contributed by atoms with van der Waals surface area (Å²) in [5.74, 6) is 0. The number of sulfone groups is 1. The van der Waals surface area contributed by atoms with Gasteiger partial charge in [0.15, 0.2) is 0 Å². The number of fused-ring (bicyclic) bond motifs is 1. The molecule has 5 heteroatoms. The number of hydrogen-bond donors (Lipinski definition) is 2. The molecule has 18 heavy (non-hydrogen) atoms. The largest absolute Gasteiger partial charge is 0.326 e. The van der Waals surface area contributed by atoms with E-state index in [0.717, 1.165) is 16.7 Å². The fraction of sp³-hybridized carbons (Fsp3) is 0.385. The van der Waals surface area contributed by atoms with E-state index in [1.807, 2.05) is 26.0 Å². The molecule has 0 atom stereocenters. The summed E-state index contributed by atoms with van der Waals surface area (Å²) >= 11 is 0. The van der Waals surface area contributed by atoms with Crippen LogP contribution in [-0.4, -0.2) is 21.0 Å². The molecule has 1 aromatic rings. The molecule has 1 aliphatic rings. The molecule has 0 unspecified atom stereocenters. The second kappa shape index (κ2) is 4.84. The van der Waals surface area contributed by atoms with Gasteiger partial charge in [0, 0.05) is 24.5 Å². The third-order valence-electron chi connectivity index (χ3n) is 2.93. The highest BCUT2D eigenvalue weighted by Crippen LogP contribution is 2.33. The van der Waals surface area contributed by atoms with Crippen molar-refractivity contribution in [3.8, 4) is 0 Å². The highest BCUT2D eigenvalue weighted by atomic mass is 32.2. The third kappa shape index (κ3) is 2.48. The zero-order valence-corrected chi connectivity index (χ0v) is 11.4. The third-order valence-corrected chi connectivity index (χ3v) is 4.48. The maximum atomic E-state index is 12.0. The van der Waals surface area contributed by atoms with Gasteiger partial charge in [0.1, 0.15) is 0 Å². The smallest absolute Gasteiger partial charge is 0.200 e. The Morgan fingerprint density at radius 1 is 1.33 bits per heavy atom. The van der Waals surface area contributed by atoms with Crippen molar-refractivity contribution >= 4 is 15.4 Å². The molecule has 3 N–H and O–H groups in total. The molecule has 98 valence electrons. The summed E-state index contributed by atoms with van der Waals surface area (Å²) in [5, 5.41) is 4.59. The van der Waals surface area contributed by atoms with Crippen molar-refractivity contribution in [2.75, 3.05) is 6.54 Å². The van der Waals surface area contributed by atoms with Crippen LogP contribution in [0.25, 0.3) is 5.57 Å². The lowest BCUT2D eigenvalue weighted by atomic mass is 10.1. The normalized spacial score (nSPS) is 16.8. The van der Waals surface area contributed by atoms with Gasteiger partial charge < -0.3 is 11.1 Å². The second-order valence-electron chi connectivity index (χ2n) is 4.76. The van der Waals surface area contributed by atoms with Gasteiger partial charge in [-0.3, -0.25) is 0 Å². The van der Waals surface area contributed by atoms with Crippen LogP contribution in [0.1, 0.15) is 25.0 Å². The number of rotatable bonds is 4. The summed E-state index contributed by atoms with van der Waals surface area (Å²) < 4.78 is 24.1. The summed E-state index contributed by atoms with van der Waals surface area (Å²) in [6.07, 6.45) is 0. The quantitative estimate of drug-likeness (QED) is 0.861. The van der Waals surface area contributed by atoms with Gasteiger partial charge in [-0.05, 0) is 22.8 Å². The summed E-state index contributed by atoms with van der Waals surface area (Å²) in [6, 6.07) is 5.71. The van der Waals surface area contributed by atoms with E-state index in [1.54, 1.807) is 6.07 Å². The van der Waals surface area contributed by atoms with Gasteiger partial charge >= 0.3 is 0 Å². The highest BCUT2D eigenvalue weighted by Gasteiger charge is 2.26. The van der Waals surface area contributed by atoms with Crippen LogP contribution in [0.15, 0.2) is 28.5 Å². The molecule has 0 fully saturated rings. The topological polar surface area (TPSA) is 72.2 Å². The van der Waals surface area contributed by atoms with E-state index in [-0.39, 0.29) is 0 Å². The van der Waals surface area contributed by atoms with Crippen LogP contribution in [0.5, 0.6) is 0 Å². The maximum Gasteiger partial charge on any atom is 0.200 e. The zero-order chi connectivity index (χ0) is 13.3. The molecule has 1 aromatic carbocycles. The Kier molecular flexibility index (Phi) is 3.56. The van der Waals surface area contributed by atoms with Crippen LogP contribution in [-0.2, 0) is 16.4 Å². The molecule has 0 spiro atoms. The fourth-order valence-corrected chi connectivity index (χ4v) is 3.49. The fourth-order valence-electron chi connectivity index (χ4n) is 1.96. The Morgan fingerprint density at radius 2 is 2.06 bits per heavy atom. The standard InChI is InChI=1S/C13H18N2O2S/c1-9(2)15-7-11-8-18(16,17)13-5-10(6-14)3-4-12(11)13/h3-5,8-9,15H,6-7,14H2,1-2H3. The molecule has 0 saturated heterocycles. The zero-order valence-electron chi connectivity index (χ0n) is 10.6. The van der Waals surface area contributed by atoms with E-state index in [9.17, 15) is 8.42 Å². The van der Waals surface area contributed by atoms with Crippen molar-refractivity contribution in [3.63, 3.8) is 0 Å². The molecule has 0 radical (unpaired) electrons. The summed E-state index contributed by atoms with van der Waals surface area (Å²) in [5.41, 5.74) is 7.99. The van der Waals surface area contributed by atoms with Crippen molar-refractivity contribution in [3.05, 3.63) is 34.7 Å². The number of benzene rings is 1. The predicted molar refractivity (Wildman–Crippen MR) is 72.6 cm³/mol. The molecular weight excluding hydrogens is 248 g/mol. The van der Waals surface area contributed by atoms with E-state index in [0.29, 0.717) is 24.0 Å². The molecule has 0 aromatic heterocycles. The molecule has 2 rings (SSSR count). The first-order valence-electron chi connectivity index (χ1n) is 5.96. The SMILES string of the molecule is CC(C)NCC1=CS(=O)(=O)c2cc(CN)ccc21. The van der Waals surface area contributed by atoms with Crippen molar-refractivity contribution in [2.45, 2.75) is 31.3 Å². The number of hydrogen-bond acceptors (Lipinski definition) is 4. The highest BCUT2D eigenvalue weighted by molar-refractivity contribution is 7.95. The van der Waals surface area contributed by atoms with Crippen molar-refractivity contribution < 1.29 is 8.42 Å². The number of nitrogens with one attached hydrogen (secondary N) is 1. The first-order chi connectivity index (χ1) is 8.44. The van der Waals surface area contributed by atoms with Gasteiger partial charge in [0.25, 0.3) is 0 Å². The monoisotopic (exact) mass is 266 g/mol. The van der Waals surface area contributed by atoms with Crippen LogP contribution in [0.2, 0.25) is 0 Å². The van der Waals surface area contributed by atoms with E-state index < -0.39 is 9.84 Å². The van der Waals surface area contributed by atoms with Gasteiger partial charge in [-0.15, -0.1) is 0 Å². The predicted octanol–water partition coefficient (Wildman–Crippen LogP) is 1.27. The van der Waals surface area contributed by atoms with Gasteiger partial charge in [0.2, 0.25) is 9.84 Å². The van der Waals surface area contributed by atoms with Gasteiger partial charge in [-0.1, -0.05) is 26.0 Å². The summed E-state index contributed by atoms with van der Waals surface area (Å²) in [4.78, 5) is 0.381. The Labute approximate surface area is 108 Å². The Morgan fingerprint density at radius 3 is 2.67 bits per heavy atom. The van der Waals surface area contributed by atoms with Crippen LogP contribution in [0, 0.1) is 0 Å². The Balaban J connectivity index is 2.39. The first-order valence-corrected chi connectivity index (χ1v) is 7.51. The van der Waals surface area contributed by atoms with Crippen molar-refractivity contribution in [1.29, 1.82) is 0 Å². The maximum absolute atomic E-state index is 12.0. The molecule has 1 aliphatic heterocycles. The van der Waals surface area contributed by atoms with Gasteiger partial charge in [-0.25, -0.2) is 8.42 Å². The van der Waals surface area contributed by atoms with E-state index >= 15 is 0 Å². The first kappa shape index (κ1) is 13.3. The molecule has 0 saturated carbocycles. The van der Waals surface area contributed by atoms with Crippen molar-refractivity contribution in [2.24, 2.45) is 5.73 Å². The van der Waals surface area contributed by atoms with Crippen LogP contribution >= 0.6 is 0 Å². The van der Waals surface area contributed by atoms with Gasteiger partial charge in [0.05, 0.1) is 4.90 Å². The van der Waals surface area contributed by atoms with E-state index in [2.05, 4.69) is 5.32 Å². The van der Waals surface area contributed by atoms with Crippen molar-refractivity contribution in [1.82, 2.24) is 5.32 Å². The van der Waals surface area contributed by atoms with Crippen LogP contribution < -0.4 is 11.1 Å². The lowest BCUT2D eigenvalue weighted by molar-refractivity contribution is 0.605. The molecule has 4 nitrogen and oxygen atoms in total. The molecule has 0 amide bonds.